The fourth-order valence-corrected chi connectivity index (χ4v) is 2.10. The monoisotopic (exact) mass is 308 g/mol. The highest BCUT2D eigenvalue weighted by molar-refractivity contribution is 9.10. The van der Waals surface area contributed by atoms with Crippen LogP contribution < -0.4 is 10.6 Å². The Labute approximate surface area is 114 Å². The Morgan fingerprint density at radius 3 is 2.50 bits per heavy atom. The highest BCUT2D eigenvalue weighted by atomic mass is 79.9. The molecule has 1 amide bonds. The number of carbonyl (C=O) groups excluding carboxylic acids is 1. The topological polar surface area (TPSA) is 59.5 Å². The van der Waals surface area contributed by atoms with Gasteiger partial charge in [0.25, 0.3) is 5.91 Å². The number of nitrogen functional groups attached to an aromatic ring is 1. The van der Waals surface area contributed by atoms with Gasteiger partial charge in [-0.15, -0.1) is 0 Å². The number of furan rings is 1. The normalized spacial score (nSPS) is 10.3. The number of benzene rings is 1. The molecule has 1 heterocycles. The molecule has 4 nitrogen and oxygen atoms in total. The minimum absolute atomic E-state index is 0.108. The number of halogens is 1. The molecule has 1 aromatic heterocycles. The summed E-state index contributed by atoms with van der Waals surface area (Å²) in [5.74, 6) is -0.108. The van der Waals surface area contributed by atoms with Gasteiger partial charge in [0.2, 0.25) is 0 Å². The first-order valence-corrected chi connectivity index (χ1v) is 6.33. The minimum Gasteiger partial charge on any atom is -0.457 e. The second-order valence-corrected chi connectivity index (χ2v) is 4.47. The third kappa shape index (κ3) is 2.41. The summed E-state index contributed by atoms with van der Waals surface area (Å²) in [6.07, 6.45) is 1.48. The number of amides is 1. The maximum absolute atomic E-state index is 12.3. The molecule has 2 rings (SSSR count). The molecule has 18 heavy (non-hydrogen) atoms. The van der Waals surface area contributed by atoms with Crippen LogP contribution in [0.4, 0.5) is 11.4 Å². The van der Waals surface area contributed by atoms with E-state index in [4.69, 9.17) is 10.2 Å². The van der Waals surface area contributed by atoms with Gasteiger partial charge in [0, 0.05) is 17.9 Å². The Balaban J connectivity index is 2.32. The van der Waals surface area contributed by atoms with Crippen molar-refractivity contribution in [2.24, 2.45) is 0 Å². The molecule has 0 unspecified atom stereocenters. The van der Waals surface area contributed by atoms with Crippen LogP contribution in [0.25, 0.3) is 0 Å². The van der Waals surface area contributed by atoms with Gasteiger partial charge in [-0.1, -0.05) is 0 Å². The van der Waals surface area contributed by atoms with Gasteiger partial charge in [-0.25, -0.2) is 0 Å². The molecule has 2 aromatic rings. The Kier molecular flexibility index (Phi) is 3.72. The second-order valence-electron chi connectivity index (χ2n) is 3.75. The van der Waals surface area contributed by atoms with Crippen LogP contribution in [0.5, 0.6) is 0 Å². The van der Waals surface area contributed by atoms with Gasteiger partial charge in [-0.3, -0.25) is 4.79 Å². The third-order valence-corrected chi connectivity index (χ3v) is 3.23. The van der Waals surface area contributed by atoms with E-state index >= 15 is 0 Å². The standard InChI is InChI=1S/C13H13BrN2O2/c1-2-16(10-5-3-9(15)4-6-10)13(17)11-7-8-18-12(11)14/h3-8H,2,15H2,1H3. The molecular weight excluding hydrogens is 296 g/mol. The van der Waals surface area contributed by atoms with E-state index in [1.54, 1.807) is 23.1 Å². The smallest absolute Gasteiger partial charge is 0.262 e. The van der Waals surface area contributed by atoms with E-state index < -0.39 is 0 Å². The first kappa shape index (κ1) is 12.7. The third-order valence-electron chi connectivity index (χ3n) is 2.61. The zero-order chi connectivity index (χ0) is 13.1. The molecular formula is C13H13BrN2O2. The predicted octanol–water partition coefficient (Wildman–Crippen LogP) is 3.29. The molecule has 0 radical (unpaired) electrons. The molecule has 0 aliphatic carbocycles. The average molecular weight is 309 g/mol. The van der Waals surface area contributed by atoms with Crippen LogP contribution in [-0.4, -0.2) is 12.5 Å². The van der Waals surface area contributed by atoms with Crippen LogP contribution in [0, 0.1) is 0 Å². The van der Waals surface area contributed by atoms with E-state index in [1.807, 2.05) is 19.1 Å². The number of hydrogen-bond acceptors (Lipinski definition) is 3. The first-order chi connectivity index (χ1) is 8.63. The molecule has 1 aromatic carbocycles. The predicted molar refractivity (Wildman–Crippen MR) is 74.6 cm³/mol. The van der Waals surface area contributed by atoms with E-state index in [-0.39, 0.29) is 5.91 Å². The zero-order valence-corrected chi connectivity index (χ0v) is 11.5. The van der Waals surface area contributed by atoms with Crippen LogP contribution >= 0.6 is 15.9 Å². The van der Waals surface area contributed by atoms with Gasteiger partial charge in [0.1, 0.15) is 0 Å². The van der Waals surface area contributed by atoms with Crippen molar-refractivity contribution in [2.75, 3.05) is 17.2 Å². The van der Waals surface area contributed by atoms with E-state index in [9.17, 15) is 4.79 Å². The molecule has 0 aliphatic heterocycles. The summed E-state index contributed by atoms with van der Waals surface area (Å²) in [4.78, 5) is 14.0. The highest BCUT2D eigenvalue weighted by Gasteiger charge is 2.20. The Hall–Kier alpha value is -1.75. The summed E-state index contributed by atoms with van der Waals surface area (Å²) in [7, 11) is 0. The van der Waals surface area contributed by atoms with Crippen LogP contribution in [0.3, 0.4) is 0 Å². The molecule has 94 valence electrons. The van der Waals surface area contributed by atoms with Gasteiger partial charge in [-0.2, -0.15) is 0 Å². The molecule has 0 bridgehead atoms. The van der Waals surface area contributed by atoms with Crippen molar-refractivity contribution < 1.29 is 9.21 Å². The fraction of sp³-hybridized carbons (Fsp3) is 0.154. The van der Waals surface area contributed by atoms with E-state index in [0.717, 1.165) is 5.69 Å². The summed E-state index contributed by atoms with van der Waals surface area (Å²) >= 11 is 3.21. The number of nitrogens with zero attached hydrogens (tertiary/aromatic N) is 1. The van der Waals surface area contributed by atoms with Crippen molar-refractivity contribution in [3.05, 3.63) is 46.8 Å². The van der Waals surface area contributed by atoms with Crippen LogP contribution in [0.2, 0.25) is 0 Å². The molecule has 0 atom stereocenters. The van der Waals surface area contributed by atoms with Gasteiger partial charge in [-0.05, 0) is 53.2 Å². The van der Waals surface area contributed by atoms with Crippen molar-refractivity contribution in [1.82, 2.24) is 0 Å². The average Bonchev–Trinajstić information content (AvgIpc) is 2.78. The van der Waals surface area contributed by atoms with Crippen molar-refractivity contribution in [3.63, 3.8) is 0 Å². The summed E-state index contributed by atoms with van der Waals surface area (Å²) in [5.41, 5.74) is 7.63. The fourth-order valence-electron chi connectivity index (χ4n) is 1.69. The quantitative estimate of drug-likeness (QED) is 0.885. The zero-order valence-electron chi connectivity index (χ0n) is 9.89. The lowest BCUT2D eigenvalue weighted by atomic mass is 10.2. The maximum atomic E-state index is 12.3. The molecule has 2 N–H and O–H groups in total. The summed E-state index contributed by atoms with van der Waals surface area (Å²) in [5, 5.41) is 0. The Morgan fingerprint density at radius 2 is 2.00 bits per heavy atom. The van der Waals surface area contributed by atoms with E-state index in [2.05, 4.69) is 15.9 Å². The molecule has 0 spiro atoms. The molecule has 5 heteroatoms. The van der Waals surface area contributed by atoms with Crippen molar-refractivity contribution in [3.8, 4) is 0 Å². The molecule has 0 aliphatic rings. The lowest BCUT2D eigenvalue weighted by Crippen LogP contribution is -2.30. The number of carbonyl (C=O) groups is 1. The van der Waals surface area contributed by atoms with Crippen molar-refractivity contribution in [1.29, 1.82) is 0 Å². The largest absolute Gasteiger partial charge is 0.457 e. The molecule has 0 saturated carbocycles. The minimum atomic E-state index is -0.108. The number of rotatable bonds is 3. The summed E-state index contributed by atoms with van der Waals surface area (Å²) in [6.45, 7) is 2.49. The summed E-state index contributed by atoms with van der Waals surface area (Å²) < 4.78 is 5.53. The first-order valence-electron chi connectivity index (χ1n) is 5.54. The molecule has 0 fully saturated rings. The van der Waals surface area contributed by atoms with Gasteiger partial charge in [0.15, 0.2) is 4.67 Å². The maximum Gasteiger partial charge on any atom is 0.262 e. The van der Waals surface area contributed by atoms with Crippen LogP contribution in [-0.2, 0) is 0 Å². The van der Waals surface area contributed by atoms with Crippen LogP contribution in [0.15, 0.2) is 45.7 Å². The Bertz CT molecular complexity index is 548. The lowest BCUT2D eigenvalue weighted by Gasteiger charge is -2.20. The highest BCUT2D eigenvalue weighted by Crippen LogP contribution is 2.23. The van der Waals surface area contributed by atoms with Crippen LogP contribution in [0.1, 0.15) is 17.3 Å². The number of anilines is 2. The van der Waals surface area contributed by atoms with Gasteiger partial charge >= 0.3 is 0 Å². The van der Waals surface area contributed by atoms with E-state index in [1.165, 1.54) is 6.26 Å². The summed E-state index contributed by atoms with van der Waals surface area (Å²) in [6, 6.07) is 8.84. The molecule has 0 saturated heterocycles. The van der Waals surface area contributed by atoms with Crippen molar-refractivity contribution >= 4 is 33.2 Å². The SMILES string of the molecule is CCN(C(=O)c1ccoc1Br)c1ccc(N)cc1. The van der Waals surface area contributed by atoms with Gasteiger partial charge < -0.3 is 15.1 Å². The lowest BCUT2D eigenvalue weighted by molar-refractivity contribution is 0.0986. The second kappa shape index (κ2) is 5.27. The van der Waals surface area contributed by atoms with Gasteiger partial charge in [0.05, 0.1) is 11.8 Å². The number of nitrogens with two attached hydrogens (primary N) is 1. The Morgan fingerprint density at radius 1 is 1.33 bits per heavy atom. The van der Waals surface area contributed by atoms with E-state index in [0.29, 0.717) is 22.5 Å². The number of hydrogen-bond donors (Lipinski definition) is 1. The van der Waals surface area contributed by atoms with Crippen molar-refractivity contribution in [2.45, 2.75) is 6.92 Å².